The number of nitrogens with zero attached hydrogens (tertiary/aromatic N) is 12. The number of carbonyl (C=O) groups is 12. The molecule has 0 aromatic heterocycles. The molecule has 12 rings (SSSR count). The van der Waals surface area contributed by atoms with Crippen molar-refractivity contribution in [3.63, 3.8) is 0 Å². The Hall–Kier alpha value is -5.92. The van der Waals surface area contributed by atoms with Gasteiger partial charge >= 0.3 is 0 Å². The molecule has 0 radical (unpaired) electrons. The Balaban J connectivity index is 0.000000227. The van der Waals surface area contributed by atoms with E-state index in [1.54, 1.807) is 0 Å². The summed E-state index contributed by atoms with van der Waals surface area (Å²) in [5.41, 5.74) is -2.20. The highest BCUT2D eigenvalue weighted by molar-refractivity contribution is 5.97. The maximum absolute atomic E-state index is 13.1. The van der Waals surface area contributed by atoms with Crippen LogP contribution in [0.4, 0.5) is 0 Å². The van der Waals surface area contributed by atoms with E-state index in [1.807, 2.05) is 225 Å². The van der Waals surface area contributed by atoms with E-state index in [0.717, 1.165) is 214 Å². The van der Waals surface area contributed by atoms with E-state index in [4.69, 9.17) is 0 Å². The molecule has 8 aliphatic carbocycles. The van der Waals surface area contributed by atoms with Crippen LogP contribution in [0.1, 0.15) is 312 Å². The second kappa shape index (κ2) is 53.4. The summed E-state index contributed by atoms with van der Waals surface area (Å²) in [7, 11) is 19.4. The molecule has 12 aliphatic rings. The van der Waals surface area contributed by atoms with Gasteiger partial charge < -0.3 is 44.1 Å². The third-order valence-electron chi connectivity index (χ3n) is 33.4. The number of likely N-dealkylation sites (N-methyl/N-ethyl adjacent to an activating group) is 11. The summed E-state index contributed by atoms with van der Waals surface area (Å²) in [5, 5.41) is 0. The summed E-state index contributed by atoms with van der Waals surface area (Å²) < 4.78 is 0. The molecule has 4 aliphatic heterocycles. The van der Waals surface area contributed by atoms with Crippen LogP contribution in [-0.2, 0) is 57.5 Å². The van der Waals surface area contributed by atoms with Gasteiger partial charge in [-0.3, -0.25) is 72.2 Å². The maximum Gasteiger partial charge on any atom is 0.226 e. The maximum atomic E-state index is 13.1. The molecule has 6 amide bonds. The quantitative estimate of drug-likeness (QED) is 0.0607. The van der Waals surface area contributed by atoms with Gasteiger partial charge in [-0.15, -0.1) is 0 Å². The Bertz CT molecular complexity index is 3760. The van der Waals surface area contributed by atoms with Crippen LogP contribution in [0.3, 0.4) is 0 Å². The molecule has 4 bridgehead atoms. The number of amides is 6. The normalized spacial score (nSPS) is 28.8. The first-order valence-corrected chi connectivity index (χ1v) is 55.2. The van der Waals surface area contributed by atoms with Gasteiger partial charge in [0.2, 0.25) is 35.4 Å². The molecule has 0 aromatic carbocycles. The van der Waals surface area contributed by atoms with Crippen molar-refractivity contribution in [1.82, 2.24) is 58.8 Å². The molecular formula is C115H202N12O12. The molecular weight excluding hydrogens is 1740 g/mol. The van der Waals surface area contributed by atoms with Crippen molar-refractivity contribution in [2.75, 3.05) is 182 Å². The van der Waals surface area contributed by atoms with Crippen LogP contribution < -0.4 is 0 Å². The number of hydrogen-bond donors (Lipinski definition) is 0. The fourth-order valence-corrected chi connectivity index (χ4v) is 25.0. The first kappa shape index (κ1) is 120. The van der Waals surface area contributed by atoms with Crippen LogP contribution in [0.5, 0.6) is 0 Å². The van der Waals surface area contributed by atoms with Gasteiger partial charge in [-0.1, -0.05) is 221 Å². The zero-order chi connectivity index (χ0) is 104. The molecule has 0 aromatic rings. The Morgan fingerprint density at radius 2 is 0.468 bits per heavy atom. The average molecular weight is 1940 g/mol. The van der Waals surface area contributed by atoms with Gasteiger partial charge in [0, 0.05) is 211 Å². The molecule has 24 nitrogen and oxygen atoms in total. The van der Waals surface area contributed by atoms with E-state index in [0.29, 0.717) is 31.2 Å². The molecule has 6 saturated carbocycles. The van der Waals surface area contributed by atoms with Crippen LogP contribution >= 0.6 is 0 Å². The second-order valence-electron chi connectivity index (χ2n) is 51.0. The van der Waals surface area contributed by atoms with Crippen molar-refractivity contribution in [3.05, 3.63) is 24.3 Å². The minimum Gasteiger partial charge on any atom is -0.344 e. The van der Waals surface area contributed by atoms with E-state index in [9.17, 15) is 57.5 Å². The van der Waals surface area contributed by atoms with Crippen molar-refractivity contribution in [2.45, 2.75) is 330 Å². The number of likely N-dealkylation sites (tertiary alicyclic amines) is 4. The minimum atomic E-state index is -0.385. The van der Waals surface area contributed by atoms with E-state index >= 15 is 0 Å². The Morgan fingerprint density at radius 1 is 0.245 bits per heavy atom. The number of Topliss-reactive ketones (excluding diaryl/α,β-unsaturated/α-hetero) is 6. The molecule has 4 heterocycles. The van der Waals surface area contributed by atoms with Crippen LogP contribution in [-0.4, -0.2) is 329 Å². The summed E-state index contributed by atoms with van der Waals surface area (Å²) in [6.07, 6.45) is 35.9. The lowest BCUT2D eigenvalue weighted by Gasteiger charge is -2.36. The van der Waals surface area contributed by atoms with Gasteiger partial charge in [-0.2, -0.15) is 0 Å². The predicted molar refractivity (Wildman–Crippen MR) is 563 cm³/mol. The third kappa shape index (κ3) is 33.6. The first-order valence-electron chi connectivity index (χ1n) is 55.2. The fraction of sp³-hybridized carbons (Fsp3) is 0.861. The van der Waals surface area contributed by atoms with Crippen LogP contribution in [0.25, 0.3) is 0 Å². The molecule has 794 valence electrons. The molecule has 10 fully saturated rings. The summed E-state index contributed by atoms with van der Waals surface area (Å²) in [5.74, 6) is 2.28. The lowest BCUT2D eigenvalue weighted by molar-refractivity contribution is -0.145. The van der Waals surface area contributed by atoms with Crippen molar-refractivity contribution in [3.8, 4) is 0 Å². The molecule has 139 heavy (non-hydrogen) atoms. The molecule has 19 atom stereocenters. The Labute approximate surface area is 845 Å². The number of fused-ring (bicyclic) bond motifs is 4. The van der Waals surface area contributed by atoms with E-state index in [2.05, 4.69) is 74.5 Å². The SMILES string of the molecule is CCN1CCC[C@@H]1CN(C)C(=O)[C@H]1CCCC[C@H]1C(=O)C(C)(C)C.CCN1CCC[C@H]1CN(C)C(=O)[C@@H]1CCCC[C@@H]1C(=O)C(C)(C)C.CCN1CCC[C@H]1CN(C)C(=O)[C@H]1CCCC[C@H]1C(=O)C(C)(C)C.CN(C)CCN(C)C(=O)[C@@H]1C2C=CC(C2)[C@@H]1C(=O)C(C)(C)C.CN(C)CCN(C)C(=O)[C@H]1C2C=CC(C2)[C@H]1C(=O)C(C)(C)C.CN(CCN1CCCC1)C(=O)[C@H]1CCCC[C@H]1C(=O)C(C)(C)C. The largest absolute Gasteiger partial charge is 0.344 e. The molecule has 24 heteroatoms. The predicted octanol–water partition coefficient (Wildman–Crippen LogP) is 17.1. The molecule has 0 N–H and O–H groups in total. The Kier molecular flexibility index (Phi) is 46.1. The summed E-state index contributed by atoms with van der Waals surface area (Å²) in [6, 6.07) is 1.47. The zero-order valence-corrected chi connectivity index (χ0v) is 94.0. The highest BCUT2D eigenvalue weighted by Crippen LogP contribution is 2.53. The lowest BCUT2D eigenvalue weighted by atomic mass is 9.70. The molecule has 4 saturated heterocycles. The number of hydrogen-bond acceptors (Lipinski definition) is 18. The zero-order valence-electron chi connectivity index (χ0n) is 94.0. The molecule has 4 unspecified atom stereocenters. The lowest BCUT2D eigenvalue weighted by Crippen LogP contribution is -2.47. The van der Waals surface area contributed by atoms with Gasteiger partial charge in [-0.25, -0.2) is 0 Å². The topological polar surface area (TPSA) is 244 Å². The van der Waals surface area contributed by atoms with E-state index < -0.39 is 0 Å². The van der Waals surface area contributed by atoms with Crippen LogP contribution in [0.2, 0.25) is 0 Å². The summed E-state index contributed by atoms with van der Waals surface area (Å²) >= 11 is 0. The Morgan fingerprint density at radius 3 is 0.698 bits per heavy atom. The van der Waals surface area contributed by atoms with Gasteiger partial charge in [0.05, 0.1) is 11.8 Å². The van der Waals surface area contributed by atoms with Gasteiger partial charge in [-0.05, 0) is 220 Å². The highest BCUT2D eigenvalue weighted by Gasteiger charge is 2.56. The smallest absolute Gasteiger partial charge is 0.226 e. The van der Waals surface area contributed by atoms with Gasteiger partial charge in [0.25, 0.3) is 0 Å². The van der Waals surface area contributed by atoms with Crippen LogP contribution in [0, 0.1) is 127 Å². The number of rotatable bonds is 30. The van der Waals surface area contributed by atoms with Gasteiger partial charge in [0.1, 0.15) is 34.7 Å². The summed E-state index contributed by atoms with van der Waals surface area (Å²) in [6.45, 7) is 58.3. The van der Waals surface area contributed by atoms with Crippen molar-refractivity contribution < 1.29 is 57.5 Å². The van der Waals surface area contributed by atoms with Crippen LogP contribution in [0.15, 0.2) is 24.3 Å². The second-order valence-corrected chi connectivity index (χ2v) is 51.0. The minimum absolute atomic E-state index is 0.0783. The fourth-order valence-electron chi connectivity index (χ4n) is 25.0. The average Bonchev–Trinajstić information content (AvgIpc) is 1.60. The monoisotopic (exact) mass is 1940 g/mol. The molecule has 0 spiro atoms. The first-order chi connectivity index (χ1) is 64.8. The third-order valence-corrected chi connectivity index (χ3v) is 33.4. The highest BCUT2D eigenvalue weighted by atomic mass is 16.2. The van der Waals surface area contributed by atoms with Crippen molar-refractivity contribution >= 4 is 70.1 Å². The standard InChI is InChI=1S/3C20H36N2O2.C19H34N2O2.2C18H30N2O2/c3*1-6-22-13-9-10-15(22)14-21(5)19(24)17-12-8-7-11-16(17)18(23)20(2,3)4;1-19(2,3)17(22)15-9-5-6-10-16(15)18(23)20(4)13-14-21-11-7-8-12-21;2*1-18(2,3)16(21)14-12-7-8-13(11-12)15(14)17(22)20(6)10-9-19(4)5/h3*15-17H,6-14H2,1-5H3;15-16H,5-14H2,1-4H3;2*7-8,12-15H,9-11H2,1-6H3/t15-,16+,17-;2*15-,16-,17+;15-,16+;2*12?,13?,14-,15+/m010110/s1. The van der Waals surface area contributed by atoms with Crippen molar-refractivity contribution in [1.29, 1.82) is 0 Å². The van der Waals surface area contributed by atoms with E-state index in [-0.39, 0.29) is 197 Å². The van der Waals surface area contributed by atoms with E-state index in [1.165, 1.54) is 51.4 Å². The number of allylic oxidation sites excluding steroid dienone is 4. The van der Waals surface area contributed by atoms with Gasteiger partial charge in [0.15, 0.2) is 0 Å². The van der Waals surface area contributed by atoms with Crippen molar-refractivity contribution in [2.24, 2.45) is 127 Å². The number of ketones is 6. The summed E-state index contributed by atoms with van der Waals surface area (Å²) in [4.78, 5) is 180. The number of carbonyl (C=O) groups excluding carboxylic acids is 12.